The van der Waals surface area contributed by atoms with Crippen LogP contribution in [0.2, 0.25) is 0 Å². The Morgan fingerprint density at radius 3 is 2.54 bits per heavy atom. The van der Waals surface area contributed by atoms with Gasteiger partial charge in [0.1, 0.15) is 5.78 Å². The molecule has 3 nitrogen and oxygen atoms in total. The van der Waals surface area contributed by atoms with Gasteiger partial charge < -0.3 is 0 Å². The number of Topliss-reactive ketones (excluding diaryl/α,β-unsaturated/α-hetero) is 2. The van der Waals surface area contributed by atoms with Gasteiger partial charge in [0.05, 0.1) is 11.8 Å². The van der Waals surface area contributed by atoms with Gasteiger partial charge in [0.15, 0.2) is 11.6 Å². The zero-order valence-electron chi connectivity index (χ0n) is 15.1. The molecule has 0 bridgehead atoms. The zero-order chi connectivity index (χ0) is 17.3. The molecule has 0 aromatic heterocycles. The molecule has 3 fully saturated rings. The van der Waals surface area contributed by atoms with Crippen molar-refractivity contribution in [2.24, 2.45) is 34.5 Å². The van der Waals surface area contributed by atoms with Gasteiger partial charge in [-0.05, 0) is 81.6 Å². The van der Waals surface area contributed by atoms with Crippen molar-refractivity contribution in [2.45, 2.75) is 65.7 Å². The van der Waals surface area contributed by atoms with Gasteiger partial charge in [-0.2, -0.15) is 0 Å². The van der Waals surface area contributed by atoms with Crippen LogP contribution in [0.4, 0.5) is 0 Å². The Hall–Kier alpha value is -1.25. The van der Waals surface area contributed by atoms with Crippen molar-refractivity contribution in [3.63, 3.8) is 0 Å². The normalized spacial score (nSPS) is 47.5. The SMILES string of the molecule is CC(=O)[C@H]1CC[C@H]2[C@@H]3CCC4=CC(=O)CC(=O)[C@]4(C)[C@H]3CC[C@]12C. The van der Waals surface area contributed by atoms with Crippen LogP contribution in [0.3, 0.4) is 0 Å². The molecule has 4 aliphatic carbocycles. The first-order chi connectivity index (χ1) is 11.3. The topological polar surface area (TPSA) is 51.2 Å². The highest BCUT2D eigenvalue weighted by Crippen LogP contribution is 2.66. The number of carbonyl (C=O) groups is 3. The fourth-order valence-electron chi connectivity index (χ4n) is 7.09. The lowest BCUT2D eigenvalue weighted by atomic mass is 9.46. The Kier molecular flexibility index (Phi) is 3.47. The van der Waals surface area contributed by atoms with E-state index in [1.165, 1.54) is 0 Å². The molecule has 0 saturated heterocycles. The smallest absolute Gasteiger partial charge is 0.163 e. The molecule has 3 heteroatoms. The first-order valence-corrected chi connectivity index (χ1v) is 9.56. The molecule has 0 N–H and O–H groups in total. The van der Waals surface area contributed by atoms with Crippen LogP contribution >= 0.6 is 0 Å². The van der Waals surface area contributed by atoms with Crippen LogP contribution in [0.5, 0.6) is 0 Å². The molecule has 4 rings (SSSR count). The average molecular weight is 328 g/mol. The summed E-state index contributed by atoms with van der Waals surface area (Å²) in [6, 6.07) is 0. The summed E-state index contributed by atoms with van der Waals surface area (Å²) in [6.45, 7) is 6.18. The second kappa shape index (κ2) is 5.12. The Morgan fingerprint density at radius 2 is 1.83 bits per heavy atom. The lowest BCUT2D eigenvalue weighted by Gasteiger charge is -2.57. The molecular weight excluding hydrogens is 300 g/mol. The molecule has 0 aromatic rings. The molecule has 0 heterocycles. The fraction of sp³-hybridized carbons (Fsp3) is 0.762. The molecule has 130 valence electrons. The van der Waals surface area contributed by atoms with Gasteiger partial charge in [-0.15, -0.1) is 0 Å². The summed E-state index contributed by atoms with van der Waals surface area (Å²) < 4.78 is 0. The van der Waals surface area contributed by atoms with Gasteiger partial charge in [0.25, 0.3) is 0 Å². The molecule has 0 amide bonds. The van der Waals surface area contributed by atoms with Crippen LogP contribution in [-0.2, 0) is 14.4 Å². The summed E-state index contributed by atoms with van der Waals surface area (Å²) in [5.74, 6) is 2.15. The summed E-state index contributed by atoms with van der Waals surface area (Å²) in [5, 5.41) is 0. The van der Waals surface area contributed by atoms with E-state index in [2.05, 4.69) is 13.8 Å². The Morgan fingerprint density at radius 1 is 1.08 bits per heavy atom. The van der Waals surface area contributed by atoms with Crippen LogP contribution in [0.15, 0.2) is 11.6 Å². The fourth-order valence-corrected chi connectivity index (χ4v) is 7.09. The second-order valence-corrected chi connectivity index (χ2v) is 9.14. The van der Waals surface area contributed by atoms with Crippen molar-refractivity contribution in [3.8, 4) is 0 Å². The predicted octanol–water partition coefficient (Wildman–Crippen LogP) is 3.90. The maximum atomic E-state index is 12.8. The van der Waals surface area contributed by atoms with E-state index >= 15 is 0 Å². The van der Waals surface area contributed by atoms with E-state index in [0.29, 0.717) is 23.5 Å². The van der Waals surface area contributed by atoms with Crippen LogP contribution in [-0.4, -0.2) is 17.3 Å². The minimum absolute atomic E-state index is 0.0101. The maximum absolute atomic E-state index is 12.8. The van der Waals surface area contributed by atoms with Crippen LogP contribution in [0.1, 0.15) is 65.7 Å². The summed E-state index contributed by atoms with van der Waals surface area (Å²) in [4.78, 5) is 36.8. The van der Waals surface area contributed by atoms with E-state index in [9.17, 15) is 14.4 Å². The van der Waals surface area contributed by atoms with Gasteiger partial charge in [0, 0.05) is 5.92 Å². The first-order valence-electron chi connectivity index (χ1n) is 9.56. The van der Waals surface area contributed by atoms with Gasteiger partial charge in [0.2, 0.25) is 0 Å². The van der Waals surface area contributed by atoms with Crippen molar-refractivity contribution >= 4 is 17.3 Å². The first kappa shape index (κ1) is 16.2. The standard InChI is InChI=1S/C21H28O3/c1-12(22)16-6-7-17-15-5-4-13-10-14(23)11-19(24)21(13,3)18(15)8-9-20(16,17)2/h10,15-18H,4-9,11H2,1-3H3/t15-,16+,17-,18-,20+,21-/m0/s1. The third kappa shape index (κ3) is 1.93. The van der Waals surface area contributed by atoms with Gasteiger partial charge >= 0.3 is 0 Å². The lowest BCUT2D eigenvalue weighted by Crippen LogP contribution is -2.54. The van der Waals surface area contributed by atoms with Crippen molar-refractivity contribution in [2.75, 3.05) is 0 Å². The Bertz CT molecular complexity index is 660. The van der Waals surface area contributed by atoms with Crippen molar-refractivity contribution in [3.05, 3.63) is 11.6 Å². The molecule has 0 radical (unpaired) electrons. The molecule has 0 unspecified atom stereocenters. The van der Waals surface area contributed by atoms with E-state index in [0.717, 1.165) is 44.1 Å². The number of allylic oxidation sites excluding steroid dienone is 1. The van der Waals surface area contributed by atoms with Gasteiger partial charge in [-0.3, -0.25) is 14.4 Å². The number of ketones is 3. The second-order valence-electron chi connectivity index (χ2n) is 9.14. The van der Waals surface area contributed by atoms with E-state index in [1.807, 2.05) is 0 Å². The van der Waals surface area contributed by atoms with Crippen molar-refractivity contribution in [1.29, 1.82) is 0 Å². The number of carbonyl (C=O) groups excluding carboxylic acids is 3. The predicted molar refractivity (Wildman–Crippen MR) is 91.3 cm³/mol. The molecule has 0 aliphatic heterocycles. The van der Waals surface area contributed by atoms with E-state index in [-0.39, 0.29) is 29.3 Å². The Labute approximate surface area is 144 Å². The monoisotopic (exact) mass is 328 g/mol. The third-order valence-electron chi connectivity index (χ3n) is 8.33. The zero-order valence-corrected chi connectivity index (χ0v) is 15.1. The summed E-state index contributed by atoms with van der Waals surface area (Å²) >= 11 is 0. The van der Waals surface area contributed by atoms with Crippen LogP contribution in [0.25, 0.3) is 0 Å². The molecule has 3 saturated carbocycles. The number of hydrogen-bond acceptors (Lipinski definition) is 3. The third-order valence-corrected chi connectivity index (χ3v) is 8.33. The lowest BCUT2D eigenvalue weighted by molar-refractivity contribution is -0.142. The van der Waals surface area contributed by atoms with Gasteiger partial charge in [-0.1, -0.05) is 12.5 Å². The number of rotatable bonds is 1. The van der Waals surface area contributed by atoms with E-state index in [1.54, 1.807) is 13.0 Å². The van der Waals surface area contributed by atoms with Crippen LogP contribution < -0.4 is 0 Å². The molecule has 24 heavy (non-hydrogen) atoms. The summed E-state index contributed by atoms with van der Waals surface area (Å²) in [7, 11) is 0. The van der Waals surface area contributed by atoms with Crippen LogP contribution in [0, 0.1) is 34.5 Å². The molecule has 0 aromatic carbocycles. The largest absolute Gasteiger partial charge is 0.300 e. The van der Waals surface area contributed by atoms with E-state index in [4.69, 9.17) is 0 Å². The highest BCUT2D eigenvalue weighted by Gasteiger charge is 2.61. The molecule has 6 atom stereocenters. The highest BCUT2D eigenvalue weighted by atomic mass is 16.2. The quantitative estimate of drug-likeness (QED) is 0.686. The molecule has 0 spiro atoms. The summed E-state index contributed by atoms with van der Waals surface area (Å²) in [5.41, 5.74) is 0.791. The average Bonchev–Trinajstić information content (AvgIpc) is 2.86. The maximum Gasteiger partial charge on any atom is 0.163 e. The minimum Gasteiger partial charge on any atom is -0.300 e. The van der Waals surface area contributed by atoms with Crippen molar-refractivity contribution in [1.82, 2.24) is 0 Å². The van der Waals surface area contributed by atoms with Gasteiger partial charge in [-0.25, -0.2) is 0 Å². The van der Waals surface area contributed by atoms with Crippen molar-refractivity contribution < 1.29 is 14.4 Å². The summed E-state index contributed by atoms with van der Waals surface area (Å²) in [6.07, 6.45) is 8.04. The Balaban J connectivity index is 1.71. The highest BCUT2D eigenvalue weighted by molar-refractivity contribution is 6.11. The minimum atomic E-state index is -0.424. The molecular formula is C21H28O3. The number of fused-ring (bicyclic) bond motifs is 5. The van der Waals surface area contributed by atoms with E-state index < -0.39 is 5.41 Å². The molecule has 4 aliphatic rings. The number of hydrogen-bond donors (Lipinski definition) is 0.